The van der Waals surface area contributed by atoms with Gasteiger partial charge in [-0.2, -0.15) is 0 Å². The molecule has 1 atom stereocenters. The monoisotopic (exact) mass is 404 g/mol. The van der Waals surface area contributed by atoms with E-state index < -0.39 is 5.82 Å². The van der Waals surface area contributed by atoms with Crippen molar-refractivity contribution >= 4 is 43.5 Å². The van der Waals surface area contributed by atoms with Crippen molar-refractivity contribution in [1.82, 2.24) is 0 Å². The third kappa shape index (κ3) is 3.21. The topological polar surface area (TPSA) is 0 Å². The smallest absolute Gasteiger partial charge is 0.142 e. The lowest BCUT2D eigenvalue weighted by molar-refractivity contribution is 0.626. The highest BCUT2D eigenvalue weighted by Crippen LogP contribution is 2.36. The van der Waals surface area contributed by atoms with Crippen molar-refractivity contribution in [2.24, 2.45) is 0 Å². The lowest BCUT2D eigenvalue weighted by Gasteiger charge is -2.16. The van der Waals surface area contributed by atoms with Crippen molar-refractivity contribution < 1.29 is 4.39 Å². The summed E-state index contributed by atoms with van der Waals surface area (Å²) in [6, 6.07) is 9.07. The fourth-order valence-corrected chi connectivity index (χ4v) is 3.28. The molecule has 0 nitrogen and oxygen atoms in total. The van der Waals surface area contributed by atoms with Crippen LogP contribution < -0.4 is 0 Å². The molecule has 4 heteroatoms. The third-order valence-corrected chi connectivity index (χ3v) is 5.24. The van der Waals surface area contributed by atoms with Gasteiger partial charge in [0, 0.05) is 4.47 Å². The first kappa shape index (κ1) is 15.0. The van der Waals surface area contributed by atoms with Gasteiger partial charge in [0.05, 0.1) is 9.85 Å². The number of halogens is 4. The molecular weight excluding hydrogens is 394 g/mol. The van der Waals surface area contributed by atoms with Gasteiger partial charge in [-0.3, -0.25) is 0 Å². The molecule has 0 heterocycles. The molecule has 0 saturated heterocycles. The molecule has 0 radical (unpaired) electrons. The summed E-state index contributed by atoms with van der Waals surface area (Å²) in [5, 5.41) is 0.146. The first-order valence-corrected chi connectivity index (χ1v) is 7.84. The molecule has 0 fully saturated rings. The molecule has 0 saturated carbocycles. The Kier molecular flexibility index (Phi) is 4.70. The Bertz CT molecular complexity index is 626. The van der Waals surface area contributed by atoms with Crippen molar-refractivity contribution in [2.45, 2.75) is 18.7 Å². The highest BCUT2D eigenvalue weighted by molar-refractivity contribution is 9.10. The summed E-state index contributed by atoms with van der Waals surface area (Å²) in [5.74, 6) is -0.393. The number of hydrogen-bond acceptors (Lipinski definition) is 0. The summed E-state index contributed by atoms with van der Waals surface area (Å²) in [5.41, 5.74) is 4.28. The van der Waals surface area contributed by atoms with Gasteiger partial charge in [0.1, 0.15) is 5.82 Å². The van der Waals surface area contributed by atoms with Crippen molar-refractivity contribution in [3.63, 3.8) is 0 Å². The van der Waals surface area contributed by atoms with Crippen LogP contribution in [0.4, 0.5) is 4.39 Å². The normalized spacial score (nSPS) is 12.5. The predicted molar refractivity (Wildman–Crippen MR) is 85.8 cm³/mol. The molecule has 2 aromatic carbocycles. The molecule has 0 spiro atoms. The van der Waals surface area contributed by atoms with E-state index in [-0.39, 0.29) is 9.85 Å². The first-order valence-electron chi connectivity index (χ1n) is 5.76. The number of alkyl halides is 1. The second-order valence-electron chi connectivity index (χ2n) is 4.49. The zero-order valence-corrected chi connectivity index (χ0v) is 14.4. The molecule has 0 aliphatic heterocycles. The van der Waals surface area contributed by atoms with E-state index in [1.807, 2.05) is 19.9 Å². The molecular formula is C15H12Br2ClF. The summed E-state index contributed by atoms with van der Waals surface area (Å²) in [6.07, 6.45) is 0. The van der Waals surface area contributed by atoms with Crippen LogP contribution in [0.5, 0.6) is 0 Å². The Balaban J connectivity index is 2.46. The molecule has 0 amide bonds. The Morgan fingerprint density at radius 1 is 1.11 bits per heavy atom. The van der Waals surface area contributed by atoms with E-state index in [1.54, 1.807) is 6.07 Å². The fourth-order valence-electron chi connectivity index (χ4n) is 1.93. The zero-order chi connectivity index (χ0) is 14.2. The number of aryl methyl sites for hydroxylation is 2. The number of benzene rings is 2. The Hall–Kier alpha value is -0.380. The summed E-state index contributed by atoms with van der Waals surface area (Å²) >= 11 is 12.9. The lowest BCUT2D eigenvalue weighted by atomic mass is 9.98. The quantitative estimate of drug-likeness (QED) is 0.510. The minimum atomic E-state index is -0.393. The average molecular weight is 407 g/mol. The number of rotatable bonds is 2. The van der Waals surface area contributed by atoms with Gasteiger partial charge in [0.15, 0.2) is 0 Å². The van der Waals surface area contributed by atoms with Crippen LogP contribution in [0.25, 0.3) is 0 Å². The van der Waals surface area contributed by atoms with Crippen LogP contribution in [-0.4, -0.2) is 0 Å². The zero-order valence-electron chi connectivity index (χ0n) is 10.5. The van der Waals surface area contributed by atoms with E-state index >= 15 is 0 Å². The van der Waals surface area contributed by atoms with Gasteiger partial charge >= 0.3 is 0 Å². The Labute approximate surface area is 134 Å². The Morgan fingerprint density at radius 2 is 1.79 bits per heavy atom. The first-order chi connectivity index (χ1) is 8.90. The van der Waals surface area contributed by atoms with E-state index in [1.165, 1.54) is 6.07 Å². The number of hydrogen-bond donors (Lipinski definition) is 0. The minimum Gasteiger partial charge on any atom is -0.205 e. The summed E-state index contributed by atoms with van der Waals surface area (Å²) in [6.45, 7) is 4.08. The van der Waals surface area contributed by atoms with Crippen molar-refractivity contribution in [1.29, 1.82) is 0 Å². The van der Waals surface area contributed by atoms with Crippen LogP contribution in [0, 0.1) is 19.7 Å². The van der Waals surface area contributed by atoms with Crippen molar-refractivity contribution in [2.75, 3.05) is 0 Å². The molecule has 0 bridgehead atoms. The van der Waals surface area contributed by atoms with Gasteiger partial charge in [-0.05, 0) is 54.3 Å². The molecule has 2 rings (SSSR count). The summed E-state index contributed by atoms with van der Waals surface area (Å²) in [4.78, 5) is -0.0499. The SMILES string of the molecule is Cc1cc(C(Br)c2ccc(Cl)c(F)c2)c(C)cc1Br. The maximum absolute atomic E-state index is 13.5. The Morgan fingerprint density at radius 3 is 2.42 bits per heavy atom. The van der Waals surface area contributed by atoms with Gasteiger partial charge in [0.25, 0.3) is 0 Å². The van der Waals surface area contributed by atoms with Gasteiger partial charge in [-0.25, -0.2) is 4.39 Å². The van der Waals surface area contributed by atoms with Crippen LogP contribution >= 0.6 is 43.5 Å². The largest absolute Gasteiger partial charge is 0.205 e. The molecule has 1 unspecified atom stereocenters. The maximum Gasteiger partial charge on any atom is 0.142 e. The predicted octanol–water partition coefficient (Wildman–Crippen LogP) is 6.34. The molecule has 19 heavy (non-hydrogen) atoms. The summed E-state index contributed by atoms with van der Waals surface area (Å²) in [7, 11) is 0. The molecule has 0 aromatic heterocycles. The lowest BCUT2D eigenvalue weighted by Crippen LogP contribution is -1.98. The van der Waals surface area contributed by atoms with E-state index in [9.17, 15) is 4.39 Å². The second-order valence-corrected chi connectivity index (χ2v) is 6.67. The van der Waals surface area contributed by atoms with Crippen LogP contribution in [0.3, 0.4) is 0 Å². The van der Waals surface area contributed by atoms with E-state index in [4.69, 9.17) is 11.6 Å². The van der Waals surface area contributed by atoms with Crippen LogP contribution in [0.1, 0.15) is 27.1 Å². The van der Waals surface area contributed by atoms with E-state index in [0.717, 1.165) is 26.7 Å². The fraction of sp³-hybridized carbons (Fsp3) is 0.200. The molecule has 100 valence electrons. The van der Waals surface area contributed by atoms with Gasteiger partial charge < -0.3 is 0 Å². The van der Waals surface area contributed by atoms with Crippen LogP contribution in [0.2, 0.25) is 5.02 Å². The molecule has 0 aliphatic rings. The van der Waals surface area contributed by atoms with Gasteiger partial charge in [0.2, 0.25) is 0 Å². The van der Waals surface area contributed by atoms with Gasteiger partial charge in [-0.15, -0.1) is 0 Å². The van der Waals surface area contributed by atoms with Crippen molar-refractivity contribution in [3.8, 4) is 0 Å². The average Bonchev–Trinajstić information content (AvgIpc) is 2.36. The highest BCUT2D eigenvalue weighted by atomic mass is 79.9. The highest BCUT2D eigenvalue weighted by Gasteiger charge is 2.15. The third-order valence-electron chi connectivity index (χ3n) is 3.06. The maximum atomic E-state index is 13.5. The molecule has 0 aliphatic carbocycles. The van der Waals surface area contributed by atoms with Crippen LogP contribution in [-0.2, 0) is 0 Å². The van der Waals surface area contributed by atoms with E-state index in [2.05, 4.69) is 44.0 Å². The van der Waals surface area contributed by atoms with E-state index in [0.29, 0.717) is 0 Å². The van der Waals surface area contributed by atoms with Crippen LogP contribution in [0.15, 0.2) is 34.8 Å². The minimum absolute atomic E-state index is 0.0499. The molecule has 0 N–H and O–H groups in total. The molecule has 2 aromatic rings. The van der Waals surface area contributed by atoms with Crippen molar-refractivity contribution in [3.05, 3.63) is 67.9 Å². The second kappa shape index (κ2) is 5.94. The summed E-state index contributed by atoms with van der Waals surface area (Å²) < 4.78 is 14.6. The van der Waals surface area contributed by atoms with Gasteiger partial charge in [-0.1, -0.05) is 55.6 Å². The standard InChI is InChI=1S/C15H12Br2ClF/c1-8-6-12(16)9(2)5-11(8)15(17)10-3-4-13(18)14(19)7-10/h3-7,15H,1-2H3.